The Morgan fingerprint density at radius 1 is 0.930 bits per heavy atom. The highest BCUT2D eigenvalue weighted by atomic mass is 16.5. The first-order valence-electron chi connectivity index (χ1n) is 13.9. The zero-order chi connectivity index (χ0) is 30.0. The lowest BCUT2D eigenvalue weighted by Gasteiger charge is -2.23. The highest BCUT2D eigenvalue weighted by molar-refractivity contribution is 5.83. The van der Waals surface area contributed by atoms with Gasteiger partial charge in [0.15, 0.2) is 5.60 Å². The SMILES string of the molecule is CCN(c1ccccc1)c1nc2ccc(C#CC(C)(O)c3cc(C)on3)cc2n1-c1nc(C)nc(Nc2ccccc2)n1. The van der Waals surface area contributed by atoms with E-state index in [0.717, 1.165) is 22.4 Å². The molecule has 0 radical (unpaired) electrons. The number of aromatic nitrogens is 6. The summed E-state index contributed by atoms with van der Waals surface area (Å²) in [6.07, 6.45) is 0. The molecule has 0 saturated carbocycles. The van der Waals surface area contributed by atoms with Crippen molar-refractivity contribution in [2.24, 2.45) is 0 Å². The molecule has 214 valence electrons. The lowest BCUT2D eigenvalue weighted by atomic mass is 10.0. The number of anilines is 4. The van der Waals surface area contributed by atoms with E-state index in [1.54, 1.807) is 19.9 Å². The Labute approximate surface area is 249 Å². The van der Waals surface area contributed by atoms with Gasteiger partial charge in [-0.2, -0.15) is 15.0 Å². The summed E-state index contributed by atoms with van der Waals surface area (Å²) in [5.41, 5.74) is 2.88. The van der Waals surface area contributed by atoms with Crippen molar-refractivity contribution < 1.29 is 9.63 Å². The Morgan fingerprint density at radius 3 is 2.37 bits per heavy atom. The molecule has 3 aromatic carbocycles. The molecule has 10 heteroatoms. The van der Waals surface area contributed by atoms with Crippen LogP contribution in [0.15, 0.2) is 89.5 Å². The Morgan fingerprint density at radius 2 is 1.67 bits per heavy atom. The van der Waals surface area contributed by atoms with E-state index >= 15 is 0 Å². The van der Waals surface area contributed by atoms with Crippen LogP contribution < -0.4 is 10.2 Å². The van der Waals surface area contributed by atoms with Crippen molar-refractivity contribution in [3.05, 3.63) is 108 Å². The van der Waals surface area contributed by atoms with Gasteiger partial charge in [0.05, 0.1) is 11.0 Å². The molecular formula is C33H30N8O2. The third-order valence-corrected chi connectivity index (χ3v) is 6.80. The topological polar surface area (TPSA) is 118 Å². The molecule has 0 spiro atoms. The number of benzene rings is 3. The minimum Gasteiger partial charge on any atom is -0.372 e. The van der Waals surface area contributed by atoms with E-state index in [4.69, 9.17) is 19.5 Å². The normalized spacial score (nSPS) is 12.4. The molecule has 0 fully saturated rings. The highest BCUT2D eigenvalue weighted by Crippen LogP contribution is 2.31. The molecule has 0 aliphatic rings. The second-order valence-electron chi connectivity index (χ2n) is 10.2. The molecule has 1 atom stereocenters. The van der Waals surface area contributed by atoms with Crippen LogP contribution in [0.1, 0.15) is 36.7 Å². The monoisotopic (exact) mass is 570 g/mol. The van der Waals surface area contributed by atoms with Gasteiger partial charge in [0.1, 0.15) is 17.3 Å². The molecule has 6 rings (SSSR count). The summed E-state index contributed by atoms with van der Waals surface area (Å²) in [6, 6.07) is 27.2. The van der Waals surface area contributed by atoms with Crippen LogP contribution >= 0.6 is 0 Å². The second kappa shape index (κ2) is 11.4. The first-order chi connectivity index (χ1) is 20.8. The van der Waals surface area contributed by atoms with Gasteiger partial charge in [0, 0.05) is 29.5 Å². The number of nitrogens with one attached hydrogen (secondary N) is 1. The fourth-order valence-electron chi connectivity index (χ4n) is 4.69. The molecule has 10 nitrogen and oxygen atoms in total. The maximum Gasteiger partial charge on any atom is 0.242 e. The lowest BCUT2D eigenvalue weighted by molar-refractivity contribution is 0.112. The Bertz CT molecular complexity index is 1950. The van der Waals surface area contributed by atoms with Crippen LogP contribution in [0.3, 0.4) is 0 Å². The number of fused-ring (bicyclic) bond motifs is 1. The molecule has 3 heterocycles. The Balaban J connectivity index is 1.51. The number of hydrogen-bond acceptors (Lipinski definition) is 9. The minimum atomic E-state index is -1.49. The average Bonchev–Trinajstić information content (AvgIpc) is 3.61. The summed E-state index contributed by atoms with van der Waals surface area (Å²) in [5, 5.41) is 18.2. The number of rotatable bonds is 7. The van der Waals surface area contributed by atoms with Gasteiger partial charge in [-0.05, 0) is 70.2 Å². The standard InChI is InChI=1S/C33H30N8O2/c1-5-40(26-14-10-7-11-15-26)32-37-27-17-16-24(18-19-33(4,42)29-20-22(2)43-39-29)21-28(27)41(32)31-35-23(3)34-30(38-31)36-25-12-8-6-9-13-25/h6-17,20-21,42H,5H2,1-4H3,(H,34,35,36,38). The Kier molecular flexibility index (Phi) is 7.32. The molecule has 3 aromatic heterocycles. The molecule has 0 bridgehead atoms. The van der Waals surface area contributed by atoms with Crippen molar-refractivity contribution in [1.82, 2.24) is 29.7 Å². The van der Waals surface area contributed by atoms with Crippen molar-refractivity contribution in [2.75, 3.05) is 16.8 Å². The van der Waals surface area contributed by atoms with Gasteiger partial charge in [-0.25, -0.2) is 9.55 Å². The number of nitrogens with zero attached hydrogens (tertiary/aromatic N) is 7. The van der Waals surface area contributed by atoms with Gasteiger partial charge < -0.3 is 19.8 Å². The van der Waals surface area contributed by atoms with Crippen LogP contribution in [0, 0.1) is 25.7 Å². The number of aryl methyl sites for hydroxylation is 2. The largest absolute Gasteiger partial charge is 0.372 e. The van der Waals surface area contributed by atoms with E-state index < -0.39 is 5.60 Å². The fraction of sp³-hybridized carbons (Fsp3) is 0.182. The molecule has 0 aliphatic carbocycles. The third kappa shape index (κ3) is 5.80. The van der Waals surface area contributed by atoms with Crippen molar-refractivity contribution in [1.29, 1.82) is 0 Å². The van der Waals surface area contributed by atoms with Gasteiger partial charge in [0.25, 0.3) is 0 Å². The number of para-hydroxylation sites is 2. The van der Waals surface area contributed by atoms with Crippen LogP contribution in [0.25, 0.3) is 17.0 Å². The summed E-state index contributed by atoms with van der Waals surface area (Å²) in [5.74, 6) is 8.66. The summed E-state index contributed by atoms with van der Waals surface area (Å²) in [7, 11) is 0. The quantitative estimate of drug-likeness (QED) is 0.224. The minimum absolute atomic E-state index is 0.353. The smallest absolute Gasteiger partial charge is 0.242 e. The molecule has 0 amide bonds. The van der Waals surface area contributed by atoms with E-state index in [1.807, 2.05) is 90.4 Å². The average molecular weight is 571 g/mol. The molecule has 0 aliphatic heterocycles. The van der Waals surface area contributed by atoms with Crippen molar-refractivity contribution in [3.63, 3.8) is 0 Å². The lowest BCUT2D eigenvalue weighted by Crippen LogP contribution is -2.21. The number of aliphatic hydroxyl groups is 1. The van der Waals surface area contributed by atoms with E-state index in [9.17, 15) is 5.11 Å². The highest BCUT2D eigenvalue weighted by Gasteiger charge is 2.25. The Hall–Kier alpha value is -5.53. The van der Waals surface area contributed by atoms with Crippen molar-refractivity contribution in [3.8, 4) is 17.8 Å². The van der Waals surface area contributed by atoms with Crippen molar-refractivity contribution in [2.45, 2.75) is 33.3 Å². The van der Waals surface area contributed by atoms with Crippen LogP contribution in [-0.4, -0.2) is 41.3 Å². The van der Waals surface area contributed by atoms with Crippen LogP contribution in [0.4, 0.5) is 23.3 Å². The number of hydrogen-bond donors (Lipinski definition) is 2. The second-order valence-corrected chi connectivity index (χ2v) is 10.2. The molecule has 1 unspecified atom stereocenters. The summed E-state index contributed by atoms with van der Waals surface area (Å²) >= 11 is 0. The molecule has 43 heavy (non-hydrogen) atoms. The van der Waals surface area contributed by atoms with Crippen molar-refractivity contribution >= 4 is 34.3 Å². The van der Waals surface area contributed by atoms with Gasteiger partial charge in [-0.1, -0.05) is 53.4 Å². The third-order valence-electron chi connectivity index (χ3n) is 6.80. The predicted molar refractivity (Wildman–Crippen MR) is 166 cm³/mol. The maximum absolute atomic E-state index is 11.0. The van der Waals surface area contributed by atoms with Gasteiger partial charge in [-0.3, -0.25) is 0 Å². The predicted octanol–water partition coefficient (Wildman–Crippen LogP) is 5.98. The van der Waals surface area contributed by atoms with Gasteiger partial charge in [0.2, 0.25) is 17.8 Å². The first-order valence-corrected chi connectivity index (χ1v) is 13.9. The molecule has 6 aromatic rings. The van der Waals surface area contributed by atoms with E-state index in [2.05, 4.69) is 39.1 Å². The molecular weight excluding hydrogens is 540 g/mol. The number of imidazole rings is 1. The van der Waals surface area contributed by atoms with E-state index in [0.29, 0.717) is 47.2 Å². The zero-order valence-electron chi connectivity index (χ0n) is 24.3. The molecule has 2 N–H and O–H groups in total. The van der Waals surface area contributed by atoms with E-state index in [-0.39, 0.29) is 0 Å². The zero-order valence-corrected chi connectivity index (χ0v) is 24.3. The van der Waals surface area contributed by atoms with Gasteiger partial charge in [-0.15, -0.1) is 0 Å². The fourth-order valence-corrected chi connectivity index (χ4v) is 4.69. The summed E-state index contributed by atoms with van der Waals surface area (Å²) < 4.78 is 7.05. The van der Waals surface area contributed by atoms with Crippen LogP contribution in [-0.2, 0) is 5.60 Å². The first kappa shape index (κ1) is 27.6. The summed E-state index contributed by atoms with van der Waals surface area (Å²) in [4.78, 5) is 21.2. The summed E-state index contributed by atoms with van der Waals surface area (Å²) in [6.45, 7) is 7.92. The molecule has 0 saturated heterocycles. The maximum atomic E-state index is 11.0. The van der Waals surface area contributed by atoms with Gasteiger partial charge >= 0.3 is 0 Å². The van der Waals surface area contributed by atoms with Crippen LogP contribution in [0.2, 0.25) is 0 Å². The van der Waals surface area contributed by atoms with E-state index in [1.165, 1.54) is 0 Å². The van der Waals surface area contributed by atoms with Crippen LogP contribution in [0.5, 0.6) is 0 Å².